The Morgan fingerprint density at radius 1 is 0.861 bits per heavy atom. The van der Waals surface area contributed by atoms with Crippen LogP contribution in [-0.2, 0) is 4.79 Å². The average molecular weight is 502 g/mol. The Kier molecular flexibility index (Phi) is 8.25. The molecule has 4 aromatic rings. The maximum atomic E-state index is 12.0. The van der Waals surface area contributed by atoms with Crippen LogP contribution in [-0.4, -0.2) is 30.1 Å². The highest BCUT2D eigenvalue weighted by Gasteiger charge is 2.11. The quantitative estimate of drug-likeness (QED) is 0.212. The van der Waals surface area contributed by atoms with Crippen LogP contribution in [0.4, 0.5) is 28.7 Å². The van der Waals surface area contributed by atoms with Crippen LogP contribution in [0.1, 0.15) is 13.3 Å². The number of anilines is 5. The Balaban J connectivity index is 1.60. The fraction of sp³-hybridized carbons (Fsp3) is 0.148. The molecule has 36 heavy (non-hydrogen) atoms. The van der Waals surface area contributed by atoms with Gasteiger partial charge in [0.2, 0.25) is 11.9 Å². The van der Waals surface area contributed by atoms with Crippen LogP contribution in [0.25, 0.3) is 0 Å². The molecule has 0 spiro atoms. The predicted molar refractivity (Wildman–Crippen MR) is 144 cm³/mol. The molecule has 0 unspecified atom stereocenters. The van der Waals surface area contributed by atoms with Crippen LogP contribution in [0.15, 0.2) is 88.9 Å². The minimum Gasteiger partial charge on any atom is -0.497 e. The summed E-state index contributed by atoms with van der Waals surface area (Å²) in [4.78, 5) is 21.9. The van der Waals surface area contributed by atoms with Gasteiger partial charge in [-0.05, 0) is 48.5 Å². The van der Waals surface area contributed by atoms with E-state index in [0.717, 1.165) is 38.5 Å². The minimum absolute atomic E-state index is 0.0493. The number of nitrogens with one attached hydrogen (secondary N) is 3. The van der Waals surface area contributed by atoms with Gasteiger partial charge in [0.05, 0.1) is 19.9 Å². The molecule has 0 bridgehead atoms. The van der Waals surface area contributed by atoms with Gasteiger partial charge in [0.15, 0.2) is 0 Å². The number of carbonyl (C=O) groups excluding carboxylic acids is 1. The molecule has 184 valence electrons. The third kappa shape index (κ3) is 6.67. The second kappa shape index (κ2) is 11.9. The van der Waals surface area contributed by atoms with Gasteiger partial charge in [-0.2, -0.15) is 0 Å². The lowest BCUT2D eigenvalue weighted by molar-refractivity contribution is -0.115. The molecule has 0 aliphatic heterocycles. The van der Waals surface area contributed by atoms with Crippen LogP contribution in [0.3, 0.4) is 0 Å². The molecule has 0 aliphatic rings. The maximum absolute atomic E-state index is 12.0. The summed E-state index contributed by atoms with van der Waals surface area (Å²) < 4.78 is 10.6. The fourth-order valence-corrected chi connectivity index (χ4v) is 4.14. The molecule has 0 saturated heterocycles. The molecule has 1 amide bonds. The first-order valence-electron chi connectivity index (χ1n) is 11.3. The first-order valence-corrected chi connectivity index (χ1v) is 12.1. The summed E-state index contributed by atoms with van der Waals surface area (Å²) in [6.07, 6.45) is 2.11. The number of methoxy groups -OCH3 is 2. The summed E-state index contributed by atoms with van der Waals surface area (Å²) in [7, 11) is 3.26. The largest absolute Gasteiger partial charge is 0.497 e. The average Bonchev–Trinajstić information content (AvgIpc) is 2.90. The normalized spacial score (nSPS) is 10.4. The molecule has 0 fully saturated rings. The number of hydrogen-bond acceptors (Lipinski definition) is 8. The number of benzene rings is 3. The van der Waals surface area contributed by atoms with Crippen LogP contribution in [0.5, 0.6) is 11.5 Å². The number of aromatic nitrogens is 2. The molecule has 9 heteroatoms. The Morgan fingerprint density at radius 3 is 2.22 bits per heavy atom. The van der Waals surface area contributed by atoms with Gasteiger partial charge in [-0.1, -0.05) is 30.8 Å². The van der Waals surface area contributed by atoms with E-state index in [2.05, 4.69) is 25.9 Å². The smallest absolute Gasteiger partial charge is 0.228 e. The summed E-state index contributed by atoms with van der Waals surface area (Å²) in [5, 5.41) is 10.3. The number of rotatable bonds is 10. The van der Waals surface area contributed by atoms with E-state index in [-0.39, 0.29) is 5.91 Å². The molecule has 0 atom stereocenters. The zero-order valence-electron chi connectivity index (χ0n) is 20.2. The van der Waals surface area contributed by atoms with E-state index in [9.17, 15) is 4.79 Å². The Labute approximate surface area is 214 Å². The summed E-state index contributed by atoms with van der Waals surface area (Å²) in [5.74, 6) is 1.91. The number of amides is 1. The van der Waals surface area contributed by atoms with Gasteiger partial charge in [0.25, 0.3) is 0 Å². The Bertz CT molecular complexity index is 1350. The first-order chi connectivity index (χ1) is 17.6. The van der Waals surface area contributed by atoms with Gasteiger partial charge in [-0.15, -0.1) is 0 Å². The van der Waals surface area contributed by atoms with E-state index in [1.54, 1.807) is 20.4 Å². The van der Waals surface area contributed by atoms with Crippen LogP contribution in [0, 0.1) is 0 Å². The molecule has 0 radical (unpaired) electrons. The summed E-state index contributed by atoms with van der Waals surface area (Å²) >= 11 is 1.49. The van der Waals surface area contributed by atoms with Crippen molar-refractivity contribution in [2.45, 2.75) is 23.3 Å². The summed E-state index contributed by atoms with van der Waals surface area (Å²) in [6.45, 7) is 1.82. The zero-order chi connectivity index (χ0) is 25.3. The van der Waals surface area contributed by atoms with Crippen molar-refractivity contribution >= 4 is 46.4 Å². The lowest BCUT2D eigenvalue weighted by Gasteiger charge is -2.15. The van der Waals surface area contributed by atoms with Gasteiger partial charge < -0.3 is 25.4 Å². The molecular formula is C27H27N5O3S. The third-order valence-electron chi connectivity index (χ3n) is 5.10. The van der Waals surface area contributed by atoms with Gasteiger partial charge in [0.1, 0.15) is 16.5 Å². The Morgan fingerprint density at radius 2 is 1.56 bits per heavy atom. The monoisotopic (exact) mass is 501 g/mol. The molecule has 1 aromatic heterocycles. The maximum Gasteiger partial charge on any atom is 0.228 e. The van der Waals surface area contributed by atoms with Crippen LogP contribution < -0.4 is 25.4 Å². The lowest BCUT2D eigenvalue weighted by atomic mass is 10.2. The first kappa shape index (κ1) is 24.9. The van der Waals surface area contributed by atoms with Gasteiger partial charge >= 0.3 is 0 Å². The van der Waals surface area contributed by atoms with E-state index in [4.69, 9.17) is 9.47 Å². The highest BCUT2D eigenvalue weighted by Crippen LogP contribution is 2.37. The van der Waals surface area contributed by atoms with E-state index in [1.165, 1.54) is 11.8 Å². The highest BCUT2D eigenvalue weighted by atomic mass is 32.2. The Hall–Kier alpha value is -4.24. The second-order valence-corrected chi connectivity index (χ2v) is 8.71. The molecule has 4 rings (SSSR count). The van der Waals surface area contributed by atoms with E-state index in [1.807, 2.05) is 79.7 Å². The third-order valence-corrected chi connectivity index (χ3v) is 6.12. The van der Waals surface area contributed by atoms with Crippen molar-refractivity contribution in [1.29, 1.82) is 0 Å². The zero-order valence-corrected chi connectivity index (χ0v) is 21.1. The molecule has 8 nitrogen and oxygen atoms in total. The number of nitrogens with zero attached hydrogens (tertiary/aromatic N) is 2. The molecule has 0 saturated carbocycles. The van der Waals surface area contributed by atoms with Crippen LogP contribution in [0.2, 0.25) is 0 Å². The van der Waals surface area contributed by atoms with Crippen molar-refractivity contribution < 1.29 is 14.3 Å². The summed E-state index contributed by atoms with van der Waals surface area (Å²) in [6, 6.07) is 22.8. The standard InChI is InChI=1S/C27H27N5O3S/c1-4-25(33)30-20-11-12-24(23(17-20)29-18-7-5-9-21(15-18)34-2)36-26-13-14-28-27(32-26)31-19-8-6-10-22(16-19)35-3/h5-17,29H,4H2,1-3H3,(H,30,33)(H,28,31,32). The van der Waals surface area contributed by atoms with Crippen molar-refractivity contribution in [2.75, 3.05) is 30.2 Å². The molecular weight excluding hydrogens is 474 g/mol. The van der Waals surface area contributed by atoms with E-state index >= 15 is 0 Å². The van der Waals surface area contributed by atoms with Crippen molar-refractivity contribution in [3.05, 3.63) is 79.0 Å². The van der Waals surface area contributed by atoms with Gasteiger partial charge in [-0.3, -0.25) is 4.79 Å². The second-order valence-electron chi connectivity index (χ2n) is 7.65. The van der Waals surface area contributed by atoms with Crippen molar-refractivity contribution in [3.8, 4) is 11.5 Å². The van der Waals surface area contributed by atoms with Crippen molar-refractivity contribution in [3.63, 3.8) is 0 Å². The van der Waals surface area contributed by atoms with Gasteiger partial charge in [-0.25, -0.2) is 9.97 Å². The lowest BCUT2D eigenvalue weighted by Crippen LogP contribution is -2.09. The predicted octanol–water partition coefficient (Wildman–Crippen LogP) is 6.48. The minimum atomic E-state index is -0.0493. The van der Waals surface area contributed by atoms with E-state index in [0.29, 0.717) is 18.1 Å². The number of carbonyl (C=O) groups is 1. The molecule has 0 aliphatic carbocycles. The number of ether oxygens (including phenoxy) is 2. The van der Waals surface area contributed by atoms with Gasteiger partial charge in [0, 0.05) is 46.7 Å². The summed E-state index contributed by atoms with van der Waals surface area (Å²) in [5.41, 5.74) is 3.22. The highest BCUT2D eigenvalue weighted by molar-refractivity contribution is 7.99. The SMILES string of the molecule is CCC(=O)Nc1ccc(Sc2ccnc(Nc3cccc(OC)c3)n2)c(Nc2cccc(OC)c2)c1. The number of hydrogen-bond donors (Lipinski definition) is 3. The fourth-order valence-electron chi connectivity index (χ4n) is 3.30. The van der Waals surface area contributed by atoms with E-state index < -0.39 is 0 Å². The van der Waals surface area contributed by atoms with Crippen molar-refractivity contribution in [1.82, 2.24) is 9.97 Å². The molecule has 1 heterocycles. The van der Waals surface area contributed by atoms with Crippen molar-refractivity contribution in [2.24, 2.45) is 0 Å². The molecule has 3 aromatic carbocycles. The molecule has 3 N–H and O–H groups in total. The topological polar surface area (TPSA) is 97.4 Å². The van der Waals surface area contributed by atoms with Crippen LogP contribution >= 0.6 is 11.8 Å².